The van der Waals surface area contributed by atoms with Crippen LogP contribution >= 0.6 is 12.4 Å². The molecule has 0 radical (unpaired) electrons. The molecule has 0 bridgehead atoms. The van der Waals surface area contributed by atoms with Crippen LogP contribution in [0.5, 0.6) is 5.75 Å². The highest BCUT2D eigenvalue weighted by molar-refractivity contribution is 5.85. The van der Waals surface area contributed by atoms with Crippen molar-refractivity contribution >= 4 is 29.3 Å². The molecule has 0 aliphatic rings. The van der Waals surface area contributed by atoms with Crippen LogP contribution in [0.4, 0.5) is 0 Å². The summed E-state index contributed by atoms with van der Waals surface area (Å²) in [6.45, 7) is 1.41. The van der Waals surface area contributed by atoms with Crippen molar-refractivity contribution in [1.29, 1.82) is 0 Å². The minimum Gasteiger partial charge on any atom is -0.497 e. The van der Waals surface area contributed by atoms with Gasteiger partial charge >= 0.3 is 0 Å². The molecule has 0 aliphatic carbocycles. The van der Waals surface area contributed by atoms with Crippen molar-refractivity contribution in [3.63, 3.8) is 0 Å². The van der Waals surface area contributed by atoms with E-state index >= 15 is 0 Å². The highest BCUT2D eigenvalue weighted by Crippen LogP contribution is 2.23. The van der Waals surface area contributed by atoms with Gasteiger partial charge in [0.05, 0.1) is 7.11 Å². The first kappa shape index (κ1) is 18.7. The first-order valence-corrected chi connectivity index (χ1v) is 7.92. The van der Waals surface area contributed by atoms with Gasteiger partial charge < -0.3 is 20.8 Å². The first-order valence-electron chi connectivity index (χ1n) is 7.92. The normalized spacial score (nSPS) is 10.3. The number of benzene rings is 2. The number of ether oxygens (including phenoxy) is 1. The molecule has 1 aromatic heterocycles. The zero-order valence-corrected chi connectivity index (χ0v) is 15.0. The molecule has 3 aromatic rings. The van der Waals surface area contributed by atoms with Gasteiger partial charge in [-0.15, -0.1) is 12.4 Å². The van der Waals surface area contributed by atoms with E-state index in [1.807, 2.05) is 12.1 Å². The Balaban J connectivity index is 0.00000225. The number of hydrogen-bond donors (Lipinski definition) is 2. The lowest BCUT2D eigenvalue weighted by Gasteiger charge is -2.06. The molecule has 132 valence electrons. The maximum Gasteiger partial charge on any atom is 0.185 e. The summed E-state index contributed by atoms with van der Waals surface area (Å²) in [4.78, 5) is 4.09. The maximum atomic E-state index is 5.41. The van der Waals surface area contributed by atoms with Crippen molar-refractivity contribution in [3.8, 4) is 5.75 Å². The van der Waals surface area contributed by atoms with Crippen LogP contribution in [0.25, 0.3) is 10.9 Å². The summed E-state index contributed by atoms with van der Waals surface area (Å²) in [6.07, 6.45) is 3.01. The SMILES string of the molecule is COc1ccc(Cn2cc(CCN=C(N)N)c3ccccc32)cc1.Cl. The predicted molar refractivity (Wildman–Crippen MR) is 106 cm³/mol. The van der Waals surface area contributed by atoms with Gasteiger partial charge in [-0.3, -0.25) is 4.99 Å². The summed E-state index contributed by atoms with van der Waals surface area (Å²) >= 11 is 0. The quantitative estimate of drug-likeness (QED) is 0.525. The lowest BCUT2D eigenvalue weighted by molar-refractivity contribution is 0.414. The monoisotopic (exact) mass is 358 g/mol. The number of guanidine groups is 1. The van der Waals surface area contributed by atoms with Gasteiger partial charge in [0.25, 0.3) is 0 Å². The number of methoxy groups -OCH3 is 1. The summed E-state index contributed by atoms with van der Waals surface area (Å²) in [5, 5.41) is 1.25. The fraction of sp³-hybridized carbons (Fsp3) is 0.211. The zero-order chi connectivity index (χ0) is 16.9. The second kappa shape index (κ2) is 8.44. The van der Waals surface area contributed by atoms with Gasteiger partial charge in [-0.2, -0.15) is 0 Å². The summed E-state index contributed by atoms with van der Waals surface area (Å²) in [5.74, 6) is 1.01. The molecule has 1 heterocycles. The second-order valence-corrected chi connectivity index (χ2v) is 5.70. The molecule has 3 rings (SSSR count). The van der Waals surface area contributed by atoms with Gasteiger partial charge in [-0.25, -0.2) is 0 Å². The third-order valence-electron chi connectivity index (χ3n) is 4.06. The molecule has 0 saturated carbocycles. The Kier molecular flexibility index (Phi) is 6.31. The number of fused-ring (bicyclic) bond motifs is 1. The Labute approximate surface area is 153 Å². The van der Waals surface area contributed by atoms with E-state index in [2.05, 4.69) is 52.2 Å². The molecule has 0 spiro atoms. The standard InChI is InChI=1S/C19H22N4O.ClH/c1-24-16-8-6-14(7-9-16)12-23-13-15(10-11-22-19(20)21)17-4-2-3-5-18(17)23;/h2-9,13H,10-12H2,1H3,(H4,20,21,22);1H. The van der Waals surface area contributed by atoms with Crippen LogP contribution < -0.4 is 16.2 Å². The smallest absolute Gasteiger partial charge is 0.185 e. The minimum atomic E-state index is 0. The highest BCUT2D eigenvalue weighted by Gasteiger charge is 2.08. The van der Waals surface area contributed by atoms with Crippen LogP contribution in [0, 0.1) is 0 Å². The molecule has 6 heteroatoms. The lowest BCUT2D eigenvalue weighted by atomic mass is 10.1. The average molecular weight is 359 g/mol. The number of aromatic nitrogens is 1. The molecule has 0 amide bonds. The molecule has 0 unspecified atom stereocenters. The van der Waals surface area contributed by atoms with Crippen LogP contribution in [0.2, 0.25) is 0 Å². The van der Waals surface area contributed by atoms with Gasteiger partial charge in [0, 0.05) is 30.2 Å². The fourth-order valence-corrected chi connectivity index (χ4v) is 2.89. The zero-order valence-electron chi connectivity index (χ0n) is 14.2. The lowest BCUT2D eigenvalue weighted by Crippen LogP contribution is -2.23. The molecule has 0 fully saturated rings. The number of aliphatic imine (C=N–C) groups is 1. The minimum absolute atomic E-state index is 0. The summed E-state index contributed by atoms with van der Waals surface area (Å²) in [5.41, 5.74) is 14.5. The average Bonchev–Trinajstić information content (AvgIpc) is 2.93. The van der Waals surface area contributed by atoms with Crippen LogP contribution in [0.3, 0.4) is 0 Å². The summed E-state index contributed by atoms with van der Waals surface area (Å²) in [6, 6.07) is 16.6. The number of nitrogens with two attached hydrogens (primary N) is 2. The van der Waals surface area contributed by atoms with E-state index in [0.29, 0.717) is 6.54 Å². The second-order valence-electron chi connectivity index (χ2n) is 5.70. The Morgan fingerprint density at radius 1 is 1.08 bits per heavy atom. The molecule has 25 heavy (non-hydrogen) atoms. The van der Waals surface area contributed by atoms with Gasteiger partial charge in [-0.1, -0.05) is 30.3 Å². The van der Waals surface area contributed by atoms with Crippen molar-refractivity contribution in [3.05, 3.63) is 65.9 Å². The molecular formula is C19H23ClN4O. The molecule has 4 N–H and O–H groups in total. The van der Waals surface area contributed by atoms with E-state index < -0.39 is 0 Å². The topological polar surface area (TPSA) is 78.6 Å². The van der Waals surface area contributed by atoms with Crippen LogP contribution in [0.15, 0.2) is 59.7 Å². The molecule has 0 aliphatic heterocycles. The molecule has 0 atom stereocenters. The summed E-state index contributed by atoms with van der Waals surface area (Å²) in [7, 11) is 1.68. The molecule has 2 aromatic carbocycles. The number of nitrogens with zero attached hydrogens (tertiary/aromatic N) is 2. The van der Waals surface area contributed by atoms with Crippen molar-refractivity contribution < 1.29 is 4.74 Å². The van der Waals surface area contributed by atoms with Crippen molar-refractivity contribution in [2.24, 2.45) is 16.5 Å². The van der Waals surface area contributed by atoms with Crippen LogP contribution in [0.1, 0.15) is 11.1 Å². The number of rotatable bonds is 6. The predicted octanol–water partition coefficient (Wildman–Crippen LogP) is 2.94. The van der Waals surface area contributed by atoms with E-state index in [1.54, 1.807) is 7.11 Å². The number of halogens is 1. The Bertz CT molecular complexity index is 851. The number of hydrogen-bond acceptors (Lipinski definition) is 2. The van der Waals surface area contributed by atoms with Crippen molar-refractivity contribution in [2.45, 2.75) is 13.0 Å². The largest absolute Gasteiger partial charge is 0.497 e. The highest BCUT2D eigenvalue weighted by atomic mass is 35.5. The maximum absolute atomic E-state index is 5.41. The number of para-hydroxylation sites is 1. The molecule has 0 saturated heterocycles. The van der Waals surface area contributed by atoms with Gasteiger partial charge in [-0.05, 0) is 35.7 Å². The van der Waals surface area contributed by atoms with E-state index in [-0.39, 0.29) is 18.4 Å². The molecule has 5 nitrogen and oxygen atoms in total. The van der Waals surface area contributed by atoms with E-state index in [1.165, 1.54) is 22.0 Å². The van der Waals surface area contributed by atoms with Crippen molar-refractivity contribution in [1.82, 2.24) is 4.57 Å². The van der Waals surface area contributed by atoms with E-state index in [0.717, 1.165) is 18.7 Å². The third kappa shape index (κ3) is 4.45. The first-order chi connectivity index (χ1) is 11.7. The van der Waals surface area contributed by atoms with E-state index in [9.17, 15) is 0 Å². The van der Waals surface area contributed by atoms with Gasteiger partial charge in [0.1, 0.15) is 5.75 Å². The fourth-order valence-electron chi connectivity index (χ4n) is 2.89. The Morgan fingerprint density at radius 2 is 1.80 bits per heavy atom. The summed E-state index contributed by atoms with van der Waals surface area (Å²) < 4.78 is 7.48. The van der Waals surface area contributed by atoms with Crippen LogP contribution in [-0.4, -0.2) is 24.2 Å². The Morgan fingerprint density at radius 3 is 2.48 bits per heavy atom. The van der Waals surface area contributed by atoms with Gasteiger partial charge in [0.15, 0.2) is 5.96 Å². The van der Waals surface area contributed by atoms with E-state index in [4.69, 9.17) is 16.2 Å². The van der Waals surface area contributed by atoms with Gasteiger partial charge in [0.2, 0.25) is 0 Å². The third-order valence-corrected chi connectivity index (χ3v) is 4.06. The van der Waals surface area contributed by atoms with Crippen LogP contribution in [-0.2, 0) is 13.0 Å². The molecular weight excluding hydrogens is 336 g/mol. The van der Waals surface area contributed by atoms with Crippen molar-refractivity contribution in [2.75, 3.05) is 13.7 Å². The Hall–Kier alpha value is -2.66.